The Morgan fingerprint density at radius 2 is 1.83 bits per heavy atom. The molecule has 0 spiro atoms. The SMILES string of the molecule is CCOc1ccc(Cc2cc(Cl)ccc2Br)cc1. The van der Waals surface area contributed by atoms with Crippen molar-refractivity contribution in [2.75, 3.05) is 6.61 Å². The molecular formula is C15H14BrClO. The van der Waals surface area contributed by atoms with Crippen LogP contribution in [0.25, 0.3) is 0 Å². The van der Waals surface area contributed by atoms with E-state index in [4.69, 9.17) is 16.3 Å². The van der Waals surface area contributed by atoms with Crippen LogP contribution in [0.5, 0.6) is 5.75 Å². The number of benzene rings is 2. The Morgan fingerprint density at radius 3 is 2.50 bits per heavy atom. The average Bonchev–Trinajstić information content (AvgIpc) is 2.37. The highest BCUT2D eigenvalue weighted by Gasteiger charge is 2.03. The van der Waals surface area contributed by atoms with Crippen LogP contribution in [0.2, 0.25) is 5.02 Å². The van der Waals surface area contributed by atoms with Gasteiger partial charge in [0.25, 0.3) is 0 Å². The number of rotatable bonds is 4. The highest BCUT2D eigenvalue weighted by atomic mass is 79.9. The third-order valence-corrected chi connectivity index (χ3v) is 3.65. The molecule has 0 radical (unpaired) electrons. The summed E-state index contributed by atoms with van der Waals surface area (Å²) in [5.41, 5.74) is 2.42. The van der Waals surface area contributed by atoms with Crippen molar-refractivity contribution in [1.82, 2.24) is 0 Å². The number of halogens is 2. The maximum atomic E-state index is 6.01. The molecule has 2 aromatic carbocycles. The van der Waals surface area contributed by atoms with Crippen molar-refractivity contribution in [2.45, 2.75) is 13.3 Å². The van der Waals surface area contributed by atoms with Gasteiger partial charge in [0.05, 0.1) is 6.61 Å². The van der Waals surface area contributed by atoms with Gasteiger partial charge in [-0.1, -0.05) is 39.7 Å². The van der Waals surface area contributed by atoms with Gasteiger partial charge in [0.15, 0.2) is 0 Å². The maximum absolute atomic E-state index is 6.01. The second-order valence-electron chi connectivity index (χ2n) is 3.99. The van der Waals surface area contributed by atoms with Crippen molar-refractivity contribution in [2.24, 2.45) is 0 Å². The lowest BCUT2D eigenvalue weighted by Crippen LogP contribution is -1.93. The molecule has 0 aliphatic heterocycles. The monoisotopic (exact) mass is 324 g/mol. The first-order valence-electron chi connectivity index (χ1n) is 5.84. The van der Waals surface area contributed by atoms with Crippen molar-refractivity contribution in [1.29, 1.82) is 0 Å². The van der Waals surface area contributed by atoms with Crippen LogP contribution < -0.4 is 4.74 Å². The Kier molecular flexibility index (Phi) is 4.67. The highest BCUT2D eigenvalue weighted by Crippen LogP contribution is 2.24. The molecule has 94 valence electrons. The molecule has 0 fully saturated rings. The van der Waals surface area contributed by atoms with Crippen LogP contribution in [0.15, 0.2) is 46.9 Å². The van der Waals surface area contributed by atoms with Crippen LogP contribution in [0.4, 0.5) is 0 Å². The minimum absolute atomic E-state index is 0.694. The fraction of sp³-hybridized carbons (Fsp3) is 0.200. The van der Waals surface area contributed by atoms with Gasteiger partial charge in [0.1, 0.15) is 5.75 Å². The Labute approximate surface area is 121 Å². The van der Waals surface area contributed by atoms with Gasteiger partial charge in [-0.3, -0.25) is 0 Å². The normalized spacial score (nSPS) is 10.4. The lowest BCUT2D eigenvalue weighted by atomic mass is 10.1. The molecular weight excluding hydrogens is 312 g/mol. The van der Waals surface area contributed by atoms with Crippen molar-refractivity contribution < 1.29 is 4.74 Å². The fourth-order valence-electron chi connectivity index (χ4n) is 1.77. The third-order valence-electron chi connectivity index (χ3n) is 2.64. The molecule has 0 aromatic heterocycles. The van der Waals surface area contributed by atoms with E-state index in [0.29, 0.717) is 6.61 Å². The van der Waals surface area contributed by atoms with E-state index in [2.05, 4.69) is 28.1 Å². The van der Waals surface area contributed by atoms with Crippen LogP contribution >= 0.6 is 27.5 Å². The Morgan fingerprint density at radius 1 is 1.11 bits per heavy atom. The quantitative estimate of drug-likeness (QED) is 0.760. The van der Waals surface area contributed by atoms with Gasteiger partial charge < -0.3 is 4.74 Å². The molecule has 3 heteroatoms. The van der Waals surface area contributed by atoms with Crippen molar-refractivity contribution in [3.63, 3.8) is 0 Å². The Balaban J connectivity index is 2.15. The Bertz CT molecular complexity index is 523. The van der Waals surface area contributed by atoms with Gasteiger partial charge in [-0.25, -0.2) is 0 Å². The molecule has 0 heterocycles. The zero-order valence-electron chi connectivity index (χ0n) is 10.1. The average molecular weight is 326 g/mol. The molecule has 2 aromatic rings. The largest absolute Gasteiger partial charge is 0.494 e. The van der Waals surface area contributed by atoms with E-state index in [1.165, 1.54) is 11.1 Å². The van der Waals surface area contributed by atoms with Crippen LogP contribution in [-0.2, 0) is 6.42 Å². The van der Waals surface area contributed by atoms with Gasteiger partial charge in [0.2, 0.25) is 0 Å². The second-order valence-corrected chi connectivity index (χ2v) is 5.28. The lowest BCUT2D eigenvalue weighted by molar-refractivity contribution is 0.340. The zero-order valence-corrected chi connectivity index (χ0v) is 12.5. The second kappa shape index (κ2) is 6.26. The molecule has 2 rings (SSSR count). The molecule has 0 saturated carbocycles. The number of hydrogen-bond donors (Lipinski definition) is 0. The third kappa shape index (κ3) is 3.50. The fourth-order valence-corrected chi connectivity index (χ4v) is 2.35. The van der Waals surface area contributed by atoms with Crippen LogP contribution in [0.3, 0.4) is 0 Å². The van der Waals surface area contributed by atoms with Gasteiger partial charge in [-0.15, -0.1) is 0 Å². The van der Waals surface area contributed by atoms with E-state index < -0.39 is 0 Å². The molecule has 0 aliphatic rings. The van der Waals surface area contributed by atoms with E-state index >= 15 is 0 Å². The number of ether oxygens (including phenoxy) is 1. The van der Waals surface area contributed by atoms with E-state index in [0.717, 1.165) is 21.7 Å². The van der Waals surface area contributed by atoms with Crippen LogP contribution in [0.1, 0.15) is 18.1 Å². The topological polar surface area (TPSA) is 9.23 Å². The minimum atomic E-state index is 0.694. The van der Waals surface area contributed by atoms with Crippen molar-refractivity contribution >= 4 is 27.5 Å². The minimum Gasteiger partial charge on any atom is -0.494 e. The highest BCUT2D eigenvalue weighted by molar-refractivity contribution is 9.10. The van der Waals surface area contributed by atoms with E-state index in [1.807, 2.05) is 37.3 Å². The summed E-state index contributed by atoms with van der Waals surface area (Å²) < 4.78 is 6.51. The van der Waals surface area contributed by atoms with Crippen molar-refractivity contribution in [3.05, 3.63) is 63.1 Å². The van der Waals surface area contributed by atoms with Crippen LogP contribution in [-0.4, -0.2) is 6.61 Å². The van der Waals surface area contributed by atoms with Crippen molar-refractivity contribution in [3.8, 4) is 5.75 Å². The molecule has 0 unspecified atom stereocenters. The lowest BCUT2D eigenvalue weighted by Gasteiger charge is -2.07. The Hall–Kier alpha value is -0.990. The molecule has 0 saturated heterocycles. The summed E-state index contributed by atoms with van der Waals surface area (Å²) in [6.07, 6.45) is 0.855. The summed E-state index contributed by atoms with van der Waals surface area (Å²) in [4.78, 5) is 0. The standard InChI is InChI=1S/C15H14BrClO/c1-2-18-14-6-3-11(4-7-14)9-12-10-13(17)5-8-15(12)16/h3-8,10H,2,9H2,1H3. The van der Waals surface area contributed by atoms with E-state index in [9.17, 15) is 0 Å². The maximum Gasteiger partial charge on any atom is 0.119 e. The smallest absolute Gasteiger partial charge is 0.119 e. The van der Waals surface area contributed by atoms with E-state index in [1.54, 1.807) is 0 Å². The summed E-state index contributed by atoms with van der Waals surface area (Å²) in [6, 6.07) is 14.0. The van der Waals surface area contributed by atoms with Gasteiger partial charge in [-0.2, -0.15) is 0 Å². The molecule has 1 nitrogen and oxygen atoms in total. The molecule has 18 heavy (non-hydrogen) atoms. The zero-order chi connectivity index (χ0) is 13.0. The van der Waals surface area contributed by atoms with Gasteiger partial charge in [-0.05, 0) is 54.8 Å². The molecule has 0 atom stereocenters. The van der Waals surface area contributed by atoms with E-state index in [-0.39, 0.29) is 0 Å². The van der Waals surface area contributed by atoms with Crippen LogP contribution in [0, 0.1) is 0 Å². The molecule has 0 aliphatic carbocycles. The first-order valence-corrected chi connectivity index (χ1v) is 7.02. The summed E-state index contributed by atoms with van der Waals surface area (Å²) in [7, 11) is 0. The predicted octanol–water partition coefficient (Wildman–Crippen LogP) is 5.09. The number of hydrogen-bond acceptors (Lipinski definition) is 1. The first-order chi connectivity index (χ1) is 8.69. The van der Waals surface area contributed by atoms with Gasteiger partial charge in [0, 0.05) is 9.50 Å². The summed E-state index contributed by atoms with van der Waals surface area (Å²) in [5, 5.41) is 0.763. The molecule has 0 amide bonds. The summed E-state index contributed by atoms with van der Waals surface area (Å²) >= 11 is 9.55. The van der Waals surface area contributed by atoms with Gasteiger partial charge >= 0.3 is 0 Å². The molecule has 0 N–H and O–H groups in total. The first kappa shape index (κ1) is 13.4. The molecule has 0 bridgehead atoms. The summed E-state index contributed by atoms with van der Waals surface area (Å²) in [5.74, 6) is 0.909. The predicted molar refractivity (Wildman–Crippen MR) is 79.6 cm³/mol. The summed E-state index contributed by atoms with van der Waals surface area (Å²) in [6.45, 7) is 2.68.